The number of nitrogens with one attached hydrogen (secondary N) is 1. The van der Waals surface area contributed by atoms with E-state index in [1.807, 2.05) is 12.1 Å². The van der Waals surface area contributed by atoms with Crippen LogP contribution in [0.3, 0.4) is 0 Å². The highest BCUT2D eigenvalue weighted by Crippen LogP contribution is 2.26. The Labute approximate surface area is 163 Å². The van der Waals surface area contributed by atoms with E-state index in [0.29, 0.717) is 16.3 Å². The molecule has 0 spiro atoms. The van der Waals surface area contributed by atoms with Gasteiger partial charge in [-0.15, -0.1) is 0 Å². The Morgan fingerprint density at radius 3 is 2.48 bits per heavy atom. The quantitative estimate of drug-likeness (QED) is 0.799. The minimum atomic E-state index is -3.28. The molecule has 1 atom stereocenters. The molecule has 2 aromatic carbocycles. The van der Waals surface area contributed by atoms with E-state index in [1.165, 1.54) is 4.90 Å². The lowest BCUT2D eigenvalue weighted by atomic mass is 10.1. The van der Waals surface area contributed by atoms with Crippen molar-refractivity contribution in [3.8, 4) is 0 Å². The minimum absolute atomic E-state index is 0.0258. The molecule has 0 saturated carbocycles. The number of sulfone groups is 1. The second-order valence-corrected chi connectivity index (χ2v) is 9.22. The molecule has 0 radical (unpaired) electrons. The van der Waals surface area contributed by atoms with Crippen molar-refractivity contribution < 1.29 is 18.0 Å². The van der Waals surface area contributed by atoms with E-state index < -0.39 is 21.8 Å². The summed E-state index contributed by atoms with van der Waals surface area (Å²) in [7, 11) is -3.28. The van der Waals surface area contributed by atoms with Crippen LogP contribution in [0.4, 0.5) is 5.69 Å². The highest BCUT2D eigenvalue weighted by atomic mass is 35.5. The molecule has 27 heavy (non-hydrogen) atoms. The molecule has 2 amide bonds. The molecule has 0 fully saturated rings. The molecule has 0 bridgehead atoms. The highest BCUT2D eigenvalue weighted by molar-refractivity contribution is 7.90. The van der Waals surface area contributed by atoms with Crippen LogP contribution in [0, 0.1) is 0 Å². The van der Waals surface area contributed by atoms with E-state index in [2.05, 4.69) is 5.32 Å². The van der Waals surface area contributed by atoms with Crippen LogP contribution in [-0.4, -0.2) is 43.2 Å². The van der Waals surface area contributed by atoms with Crippen LogP contribution in [0.5, 0.6) is 0 Å². The molecule has 2 aromatic rings. The molecule has 3 rings (SSSR count). The fourth-order valence-electron chi connectivity index (χ4n) is 3.04. The number of carbonyl (C=O) groups excluding carboxylic acids is 2. The van der Waals surface area contributed by atoms with Crippen LogP contribution in [0.1, 0.15) is 22.3 Å². The Morgan fingerprint density at radius 1 is 1.19 bits per heavy atom. The van der Waals surface area contributed by atoms with Crippen LogP contribution in [0.2, 0.25) is 5.02 Å². The zero-order valence-electron chi connectivity index (χ0n) is 14.7. The Balaban J connectivity index is 1.84. The third-order valence-electron chi connectivity index (χ3n) is 4.40. The van der Waals surface area contributed by atoms with Crippen LogP contribution < -0.4 is 5.32 Å². The van der Waals surface area contributed by atoms with E-state index in [4.69, 9.17) is 11.6 Å². The largest absolute Gasteiger partial charge is 0.324 e. The van der Waals surface area contributed by atoms with Gasteiger partial charge < -0.3 is 10.2 Å². The SMILES string of the molecule is CS(=O)(=O)CC[C@@H](C(=O)Nc1ccc(Cl)cc1)N1Cc2ccccc2C1=O. The lowest BCUT2D eigenvalue weighted by Gasteiger charge is -2.26. The standard InChI is InChI=1S/C19H19ClN2O4S/c1-27(25,26)11-10-17(18(23)21-15-8-6-14(20)7-9-15)22-12-13-4-2-3-5-16(13)19(22)24/h2-9,17H,10-12H2,1H3,(H,21,23)/t17-/m0/s1. The van der Waals surface area contributed by atoms with Crippen molar-refractivity contribution in [3.05, 3.63) is 64.7 Å². The van der Waals surface area contributed by atoms with Crippen molar-refractivity contribution in [1.82, 2.24) is 4.90 Å². The number of fused-ring (bicyclic) bond motifs is 1. The molecule has 1 N–H and O–H groups in total. The van der Waals surface area contributed by atoms with Crippen LogP contribution in [0.15, 0.2) is 48.5 Å². The summed E-state index contributed by atoms with van der Waals surface area (Å²) in [5, 5.41) is 3.28. The summed E-state index contributed by atoms with van der Waals surface area (Å²) in [5.74, 6) is -0.885. The summed E-state index contributed by atoms with van der Waals surface area (Å²) >= 11 is 5.85. The normalized spacial score (nSPS) is 14.7. The molecule has 142 valence electrons. The summed E-state index contributed by atoms with van der Waals surface area (Å²) in [6.45, 7) is 0.275. The summed E-state index contributed by atoms with van der Waals surface area (Å²) in [5.41, 5.74) is 1.89. The molecular formula is C19H19ClN2O4S. The second kappa shape index (κ2) is 7.70. The maximum absolute atomic E-state index is 12.9. The van der Waals surface area contributed by atoms with E-state index in [-0.39, 0.29) is 24.6 Å². The summed E-state index contributed by atoms with van der Waals surface area (Å²) in [4.78, 5) is 27.0. The van der Waals surface area contributed by atoms with E-state index in [1.54, 1.807) is 36.4 Å². The number of carbonyl (C=O) groups is 2. The van der Waals surface area contributed by atoms with Gasteiger partial charge in [-0.05, 0) is 42.3 Å². The van der Waals surface area contributed by atoms with Gasteiger partial charge >= 0.3 is 0 Å². The van der Waals surface area contributed by atoms with Crippen molar-refractivity contribution in [2.24, 2.45) is 0 Å². The smallest absolute Gasteiger partial charge is 0.255 e. The first-order chi connectivity index (χ1) is 12.7. The third-order valence-corrected chi connectivity index (χ3v) is 5.63. The maximum atomic E-state index is 12.9. The average Bonchev–Trinajstić information content (AvgIpc) is 2.93. The predicted molar refractivity (Wildman–Crippen MR) is 105 cm³/mol. The first-order valence-electron chi connectivity index (χ1n) is 8.37. The number of hydrogen-bond donors (Lipinski definition) is 1. The lowest BCUT2D eigenvalue weighted by Crippen LogP contribution is -2.45. The molecule has 1 aliphatic rings. The fraction of sp³-hybridized carbons (Fsp3) is 0.263. The number of hydrogen-bond acceptors (Lipinski definition) is 4. The Bertz CT molecular complexity index is 973. The predicted octanol–water partition coefficient (Wildman–Crippen LogP) is 2.74. The topological polar surface area (TPSA) is 83.6 Å². The van der Waals surface area contributed by atoms with Gasteiger partial charge in [-0.3, -0.25) is 9.59 Å². The third kappa shape index (κ3) is 4.67. The molecule has 0 aliphatic carbocycles. The Hall–Kier alpha value is -2.38. The van der Waals surface area contributed by atoms with E-state index in [0.717, 1.165) is 11.8 Å². The number of rotatable bonds is 6. The van der Waals surface area contributed by atoms with Gasteiger partial charge in [-0.2, -0.15) is 0 Å². The number of nitrogens with zero attached hydrogens (tertiary/aromatic N) is 1. The molecule has 0 aromatic heterocycles. The Morgan fingerprint density at radius 2 is 1.85 bits per heavy atom. The zero-order valence-corrected chi connectivity index (χ0v) is 16.3. The molecule has 0 saturated heterocycles. The minimum Gasteiger partial charge on any atom is -0.324 e. The van der Waals surface area contributed by atoms with Crippen molar-refractivity contribution in [2.75, 3.05) is 17.3 Å². The summed E-state index contributed by atoms with van der Waals surface area (Å²) in [6.07, 6.45) is 1.14. The number of amides is 2. The van der Waals surface area contributed by atoms with Gasteiger partial charge in [0.2, 0.25) is 5.91 Å². The van der Waals surface area contributed by atoms with Crippen LogP contribution in [0.25, 0.3) is 0 Å². The number of halogens is 1. The fourth-order valence-corrected chi connectivity index (χ4v) is 3.82. The number of benzene rings is 2. The Kier molecular flexibility index (Phi) is 5.53. The average molecular weight is 407 g/mol. The molecule has 1 aliphatic heterocycles. The summed E-state index contributed by atoms with van der Waals surface area (Å²) in [6, 6.07) is 12.8. The van der Waals surface area contributed by atoms with Crippen LogP contribution in [-0.2, 0) is 21.2 Å². The molecule has 8 heteroatoms. The monoisotopic (exact) mass is 406 g/mol. The van der Waals surface area contributed by atoms with Crippen molar-refractivity contribution in [1.29, 1.82) is 0 Å². The molecule has 1 heterocycles. The van der Waals surface area contributed by atoms with E-state index in [9.17, 15) is 18.0 Å². The van der Waals surface area contributed by atoms with Crippen molar-refractivity contribution in [3.63, 3.8) is 0 Å². The van der Waals surface area contributed by atoms with Gasteiger partial charge in [0.25, 0.3) is 5.91 Å². The second-order valence-electron chi connectivity index (χ2n) is 6.52. The van der Waals surface area contributed by atoms with Gasteiger partial charge in [0, 0.05) is 29.1 Å². The van der Waals surface area contributed by atoms with E-state index >= 15 is 0 Å². The molecule has 6 nitrogen and oxygen atoms in total. The van der Waals surface area contributed by atoms with Gasteiger partial charge in [0.15, 0.2) is 0 Å². The van der Waals surface area contributed by atoms with Gasteiger partial charge in [0.1, 0.15) is 15.9 Å². The zero-order chi connectivity index (χ0) is 19.6. The molecule has 0 unspecified atom stereocenters. The highest BCUT2D eigenvalue weighted by Gasteiger charge is 2.36. The molecular weight excluding hydrogens is 388 g/mol. The van der Waals surface area contributed by atoms with Crippen LogP contribution >= 0.6 is 11.6 Å². The maximum Gasteiger partial charge on any atom is 0.255 e. The lowest BCUT2D eigenvalue weighted by molar-refractivity contribution is -0.120. The van der Waals surface area contributed by atoms with Gasteiger partial charge in [-0.25, -0.2) is 8.42 Å². The van der Waals surface area contributed by atoms with Gasteiger partial charge in [-0.1, -0.05) is 29.8 Å². The van der Waals surface area contributed by atoms with Gasteiger partial charge in [0.05, 0.1) is 5.75 Å². The van der Waals surface area contributed by atoms with Crippen molar-refractivity contribution in [2.45, 2.75) is 19.0 Å². The number of anilines is 1. The first-order valence-corrected chi connectivity index (χ1v) is 10.8. The van der Waals surface area contributed by atoms with Crippen molar-refractivity contribution >= 4 is 38.9 Å². The summed E-state index contributed by atoms with van der Waals surface area (Å²) < 4.78 is 23.2. The first kappa shape index (κ1) is 19.4.